The number of halogens is 1. The van der Waals surface area contributed by atoms with E-state index in [0.717, 1.165) is 48.6 Å². The molecule has 1 fully saturated rings. The van der Waals surface area contributed by atoms with Crippen LogP contribution in [0.15, 0.2) is 60.7 Å². The molecule has 3 aromatic rings. The molecule has 1 aromatic heterocycles. The second-order valence-corrected chi connectivity index (χ2v) is 7.29. The molecule has 158 valence electrons. The van der Waals surface area contributed by atoms with E-state index in [1.807, 2.05) is 77.3 Å². The van der Waals surface area contributed by atoms with Gasteiger partial charge in [0.1, 0.15) is 5.75 Å². The first-order valence-corrected chi connectivity index (χ1v) is 9.95. The maximum atomic E-state index is 13.2. The number of methoxy groups -OCH3 is 1. The Morgan fingerprint density at radius 1 is 1.10 bits per heavy atom. The van der Waals surface area contributed by atoms with Gasteiger partial charge < -0.3 is 15.0 Å². The summed E-state index contributed by atoms with van der Waals surface area (Å²) in [6, 6.07) is 19.8. The lowest BCUT2D eigenvalue weighted by molar-refractivity contribution is 0.0697. The third-order valence-corrected chi connectivity index (χ3v) is 5.49. The topological polar surface area (TPSA) is 59.4 Å². The molecule has 0 unspecified atom stereocenters. The third-order valence-electron chi connectivity index (χ3n) is 5.49. The minimum absolute atomic E-state index is 0. The number of nitrogens with one attached hydrogen (secondary N) is 1. The molecule has 4 rings (SSSR count). The van der Waals surface area contributed by atoms with Crippen molar-refractivity contribution in [2.45, 2.75) is 18.9 Å². The van der Waals surface area contributed by atoms with Gasteiger partial charge in [-0.3, -0.25) is 4.79 Å². The molecule has 0 bridgehead atoms. The molecule has 2 heterocycles. The zero-order chi connectivity index (χ0) is 20.2. The average Bonchev–Trinajstić information content (AvgIpc) is 3.25. The summed E-state index contributed by atoms with van der Waals surface area (Å²) in [6.45, 7) is 1.88. The number of rotatable bonds is 5. The van der Waals surface area contributed by atoms with Crippen LogP contribution >= 0.6 is 12.4 Å². The van der Waals surface area contributed by atoms with Crippen LogP contribution in [0.2, 0.25) is 0 Å². The number of carbonyl (C=O) groups excluding carboxylic acids is 1. The Morgan fingerprint density at radius 2 is 1.77 bits per heavy atom. The van der Waals surface area contributed by atoms with E-state index in [2.05, 4.69) is 5.32 Å². The van der Waals surface area contributed by atoms with Crippen LogP contribution in [0.3, 0.4) is 0 Å². The van der Waals surface area contributed by atoms with Crippen LogP contribution in [0.4, 0.5) is 0 Å². The molecule has 2 aromatic carbocycles. The Labute approximate surface area is 183 Å². The van der Waals surface area contributed by atoms with Gasteiger partial charge in [-0.15, -0.1) is 12.4 Å². The fraction of sp³-hybridized carbons (Fsp3) is 0.304. The van der Waals surface area contributed by atoms with E-state index >= 15 is 0 Å². The normalized spacial score (nSPS) is 14.1. The Bertz CT molecular complexity index is 967. The van der Waals surface area contributed by atoms with Gasteiger partial charge in [0.15, 0.2) is 5.69 Å². The Hall–Kier alpha value is -2.83. The molecule has 1 aliphatic heterocycles. The van der Waals surface area contributed by atoms with Gasteiger partial charge in [-0.05, 0) is 68.4 Å². The molecule has 0 atom stereocenters. The van der Waals surface area contributed by atoms with E-state index in [0.29, 0.717) is 5.69 Å². The summed E-state index contributed by atoms with van der Waals surface area (Å²) in [5, 5.41) is 8.04. The van der Waals surface area contributed by atoms with Gasteiger partial charge in [0.05, 0.1) is 18.5 Å². The lowest BCUT2D eigenvalue weighted by Gasteiger charge is -2.31. The van der Waals surface area contributed by atoms with Crippen molar-refractivity contribution in [3.63, 3.8) is 0 Å². The first-order valence-electron chi connectivity index (χ1n) is 9.95. The molecule has 1 saturated heterocycles. The number of para-hydroxylation sites is 1. The Kier molecular flexibility index (Phi) is 7.13. The summed E-state index contributed by atoms with van der Waals surface area (Å²) in [7, 11) is 3.53. The van der Waals surface area contributed by atoms with Gasteiger partial charge in [0.2, 0.25) is 0 Å². The summed E-state index contributed by atoms with van der Waals surface area (Å²) < 4.78 is 7.11. The monoisotopic (exact) mass is 426 g/mol. The molecule has 0 aliphatic carbocycles. The SMILES string of the molecule is COc1ccc(-c2cc(C(=O)N(C)C3CCNCC3)nn2-c2ccccc2)cc1.Cl. The van der Waals surface area contributed by atoms with Crippen LogP contribution in [-0.4, -0.2) is 53.9 Å². The molecule has 30 heavy (non-hydrogen) atoms. The third kappa shape index (κ3) is 4.50. The Morgan fingerprint density at radius 3 is 2.40 bits per heavy atom. The minimum Gasteiger partial charge on any atom is -0.497 e. The number of hydrogen-bond acceptors (Lipinski definition) is 4. The number of carbonyl (C=O) groups is 1. The van der Waals surface area contributed by atoms with Crippen molar-refractivity contribution in [2.24, 2.45) is 0 Å². The highest BCUT2D eigenvalue weighted by molar-refractivity contribution is 5.93. The van der Waals surface area contributed by atoms with Gasteiger partial charge in [-0.1, -0.05) is 18.2 Å². The number of ether oxygens (including phenoxy) is 1. The molecule has 0 radical (unpaired) electrons. The molecule has 0 saturated carbocycles. The maximum absolute atomic E-state index is 13.2. The van der Waals surface area contributed by atoms with E-state index in [1.165, 1.54) is 0 Å². The summed E-state index contributed by atoms with van der Waals surface area (Å²) in [5.41, 5.74) is 3.23. The van der Waals surface area contributed by atoms with Crippen molar-refractivity contribution in [1.82, 2.24) is 20.0 Å². The summed E-state index contributed by atoms with van der Waals surface area (Å²) in [5.74, 6) is 0.753. The summed E-state index contributed by atoms with van der Waals surface area (Å²) in [4.78, 5) is 15.0. The first-order chi connectivity index (χ1) is 14.2. The average molecular weight is 427 g/mol. The van der Waals surface area contributed by atoms with Crippen molar-refractivity contribution < 1.29 is 9.53 Å². The predicted molar refractivity (Wildman–Crippen MR) is 121 cm³/mol. The van der Waals surface area contributed by atoms with Crippen LogP contribution < -0.4 is 10.1 Å². The van der Waals surface area contributed by atoms with Crippen molar-refractivity contribution in [3.05, 3.63) is 66.4 Å². The first kappa shape index (κ1) is 21.9. The van der Waals surface area contributed by atoms with Crippen LogP contribution in [-0.2, 0) is 0 Å². The van der Waals surface area contributed by atoms with E-state index in [-0.39, 0.29) is 24.4 Å². The standard InChI is InChI=1S/C23H26N4O2.ClH/c1-26(18-12-14-24-15-13-18)23(28)21-16-22(17-8-10-20(29-2)11-9-17)27(25-21)19-6-4-3-5-7-19;/h3-11,16,18,24H,12-15H2,1-2H3;1H. The Balaban J connectivity index is 0.00000256. The summed E-state index contributed by atoms with van der Waals surface area (Å²) >= 11 is 0. The molecule has 0 spiro atoms. The van der Waals surface area contributed by atoms with Crippen molar-refractivity contribution in [1.29, 1.82) is 0 Å². The highest BCUT2D eigenvalue weighted by Gasteiger charge is 2.26. The number of piperidine rings is 1. The van der Waals surface area contributed by atoms with Crippen LogP contribution in [0, 0.1) is 0 Å². The van der Waals surface area contributed by atoms with E-state index in [9.17, 15) is 4.79 Å². The van der Waals surface area contributed by atoms with Crippen molar-refractivity contribution in [2.75, 3.05) is 27.2 Å². The van der Waals surface area contributed by atoms with Gasteiger partial charge in [-0.2, -0.15) is 5.10 Å². The fourth-order valence-corrected chi connectivity index (χ4v) is 3.76. The zero-order valence-corrected chi connectivity index (χ0v) is 18.1. The van der Waals surface area contributed by atoms with Gasteiger partial charge in [0.25, 0.3) is 5.91 Å². The van der Waals surface area contributed by atoms with E-state index in [4.69, 9.17) is 9.84 Å². The van der Waals surface area contributed by atoms with Crippen LogP contribution in [0.5, 0.6) is 5.75 Å². The van der Waals surface area contributed by atoms with Crippen molar-refractivity contribution in [3.8, 4) is 22.7 Å². The lowest BCUT2D eigenvalue weighted by Crippen LogP contribution is -2.44. The molecule has 1 amide bonds. The summed E-state index contributed by atoms with van der Waals surface area (Å²) in [6.07, 6.45) is 1.93. The van der Waals surface area contributed by atoms with Gasteiger partial charge in [0, 0.05) is 18.7 Å². The van der Waals surface area contributed by atoms with E-state index < -0.39 is 0 Å². The second-order valence-electron chi connectivity index (χ2n) is 7.29. The minimum atomic E-state index is -0.0404. The molecule has 1 aliphatic rings. The van der Waals surface area contributed by atoms with Gasteiger partial charge in [-0.25, -0.2) is 4.68 Å². The molecule has 1 N–H and O–H groups in total. The van der Waals surface area contributed by atoms with Crippen LogP contribution in [0.1, 0.15) is 23.3 Å². The second kappa shape index (κ2) is 9.78. The van der Waals surface area contributed by atoms with Crippen molar-refractivity contribution >= 4 is 18.3 Å². The maximum Gasteiger partial charge on any atom is 0.274 e. The van der Waals surface area contributed by atoms with Crippen LogP contribution in [0.25, 0.3) is 16.9 Å². The number of aromatic nitrogens is 2. The number of nitrogens with zero attached hydrogens (tertiary/aromatic N) is 3. The lowest BCUT2D eigenvalue weighted by atomic mass is 10.0. The number of amides is 1. The molecular weight excluding hydrogens is 400 g/mol. The quantitative estimate of drug-likeness (QED) is 0.674. The zero-order valence-electron chi connectivity index (χ0n) is 17.2. The highest BCUT2D eigenvalue weighted by atomic mass is 35.5. The number of benzene rings is 2. The number of hydrogen-bond donors (Lipinski definition) is 1. The van der Waals surface area contributed by atoms with E-state index in [1.54, 1.807) is 7.11 Å². The molecule has 7 heteroatoms. The predicted octanol–water partition coefficient (Wildman–Crippen LogP) is 3.79. The fourth-order valence-electron chi connectivity index (χ4n) is 3.76. The largest absolute Gasteiger partial charge is 0.497 e. The molecular formula is C23H27ClN4O2. The highest BCUT2D eigenvalue weighted by Crippen LogP contribution is 2.27. The molecule has 6 nitrogen and oxygen atoms in total. The van der Waals surface area contributed by atoms with Gasteiger partial charge >= 0.3 is 0 Å². The smallest absolute Gasteiger partial charge is 0.274 e.